The van der Waals surface area contributed by atoms with Crippen molar-refractivity contribution in [3.63, 3.8) is 0 Å². The number of rotatable bonds is 8. The van der Waals surface area contributed by atoms with Gasteiger partial charge in [0.2, 0.25) is 15.9 Å². The van der Waals surface area contributed by atoms with Crippen molar-refractivity contribution in [3.8, 4) is 5.75 Å². The fraction of sp³-hybridized carbons (Fsp3) is 0.500. The van der Waals surface area contributed by atoms with Crippen LogP contribution in [-0.2, 0) is 21.0 Å². The molecule has 0 saturated heterocycles. The van der Waals surface area contributed by atoms with Gasteiger partial charge < -0.3 is 14.7 Å². The molecule has 0 radical (unpaired) electrons. The van der Waals surface area contributed by atoms with Gasteiger partial charge in [-0.3, -0.25) is 4.79 Å². The molecule has 3 rings (SSSR count). The van der Waals surface area contributed by atoms with E-state index in [9.17, 15) is 44.7 Å². The smallest absolute Gasteiger partial charge is 0.437 e. The van der Waals surface area contributed by atoms with E-state index >= 15 is 0 Å². The highest BCUT2D eigenvalue weighted by Crippen LogP contribution is 2.44. The first-order valence-electron chi connectivity index (χ1n) is 11.6. The first kappa shape index (κ1) is 30.5. The first-order valence-corrected chi connectivity index (χ1v) is 13.1. The Hall–Kier alpha value is -3.07. The van der Waals surface area contributed by atoms with Crippen LogP contribution in [0.3, 0.4) is 0 Å². The molecule has 0 saturated carbocycles. The summed E-state index contributed by atoms with van der Waals surface area (Å²) < 4.78 is 117. The second kappa shape index (κ2) is 10.5. The molecular formula is C24H27F6N3O5S. The van der Waals surface area contributed by atoms with Gasteiger partial charge in [-0.15, -0.1) is 0 Å². The van der Waals surface area contributed by atoms with Gasteiger partial charge in [-0.1, -0.05) is 6.07 Å². The maximum atomic E-state index is 14.1. The lowest BCUT2D eigenvalue weighted by molar-refractivity contribution is -0.149. The van der Waals surface area contributed by atoms with Crippen molar-refractivity contribution in [2.45, 2.75) is 56.6 Å². The zero-order valence-corrected chi connectivity index (χ0v) is 22.2. The van der Waals surface area contributed by atoms with Crippen LogP contribution in [0.4, 0.5) is 37.8 Å². The second-order valence-electron chi connectivity index (χ2n) is 10.0. The molecule has 39 heavy (non-hydrogen) atoms. The van der Waals surface area contributed by atoms with E-state index in [1.165, 1.54) is 26.0 Å². The molecule has 1 N–H and O–H groups in total. The molecule has 0 fully saturated rings. The number of carbonyl (C=O) groups is 1. The number of pyridine rings is 1. The number of anilines is 2. The van der Waals surface area contributed by atoms with Crippen LogP contribution in [0.1, 0.15) is 39.3 Å². The predicted octanol–water partition coefficient (Wildman–Crippen LogP) is 5.31. The van der Waals surface area contributed by atoms with Gasteiger partial charge in [0.05, 0.1) is 5.41 Å². The number of carboxylic acid groups (broad SMARTS) is 1. The van der Waals surface area contributed by atoms with Crippen molar-refractivity contribution < 1.29 is 49.4 Å². The number of carboxylic acids is 1. The molecule has 1 atom stereocenters. The molecule has 1 aliphatic heterocycles. The van der Waals surface area contributed by atoms with Crippen LogP contribution >= 0.6 is 0 Å². The summed E-state index contributed by atoms with van der Waals surface area (Å²) in [6.45, 7) is 1.87. The van der Waals surface area contributed by atoms with Crippen LogP contribution in [0, 0.1) is 11.2 Å². The number of aromatic nitrogens is 1. The minimum absolute atomic E-state index is 0.0590. The number of ether oxygens (including phenoxy) is 1. The zero-order chi connectivity index (χ0) is 29.6. The molecule has 0 amide bonds. The minimum Gasteiger partial charge on any atom is -0.490 e. The average molecular weight is 584 g/mol. The van der Waals surface area contributed by atoms with E-state index in [-0.39, 0.29) is 12.1 Å². The number of sulfonamides is 1. The van der Waals surface area contributed by atoms with E-state index in [0.29, 0.717) is 13.0 Å². The maximum absolute atomic E-state index is 14.1. The van der Waals surface area contributed by atoms with E-state index in [1.54, 1.807) is 0 Å². The van der Waals surface area contributed by atoms with Gasteiger partial charge in [0.25, 0.3) is 0 Å². The Morgan fingerprint density at radius 1 is 1.15 bits per heavy atom. The fourth-order valence-electron chi connectivity index (χ4n) is 3.81. The van der Waals surface area contributed by atoms with Gasteiger partial charge in [-0.2, -0.15) is 17.5 Å². The Labute approximate surface area is 221 Å². The van der Waals surface area contributed by atoms with E-state index in [1.807, 2.05) is 0 Å². The van der Waals surface area contributed by atoms with Crippen molar-refractivity contribution in [2.75, 3.05) is 25.1 Å². The van der Waals surface area contributed by atoms with Gasteiger partial charge in [0, 0.05) is 37.8 Å². The third-order valence-corrected chi connectivity index (χ3v) is 8.14. The largest absolute Gasteiger partial charge is 0.490 e. The van der Waals surface area contributed by atoms with Crippen LogP contribution in [0.15, 0.2) is 35.2 Å². The normalized spacial score (nSPS) is 18.4. The quantitative estimate of drug-likeness (QED) is 0.421. The number of hydrogen-bond donors (Lipinski definition) is 1. The molecule has 0 spiro atoms. The minimum atomic E-state index is -5.17. The molecule has 0 unspecified atom stereocenters. The summed E-state index contributed by atoms with van der Waals surface area (Å²) in [4.78, 5) is 15.3. The summed E-state index contributed by atoms with van der Waals surface area (Å²) in [7, 11) is -3.56. The van der Waals surface area contributed by atoms with Gasteiger partial charge in [-0.25, -0.2) is 26.6 Å². The van der Waals surface area contributed by atoms with Gasteiger partial charge in [0.15, 0.2) is 17.3 Å². The SMILES string of the molecule is CN1[C@H](CCC(C)(F)F)CN(c2cccc(F)c2)c2nc(C(F)(F)F)c(OCC(C)(C)C(=O)O)cc2S1(=O)=O. The van der Waals surface area contributed by atoms with Gasteiger partial charge in [-0.05, 0) is 45.4 Å². The lowest BCUT2D eigenvalue weighted by atomic mass is 9.95. The van der Waals surface area contributed by atoms with E-state index in [4.69, 9.17) is 4.74 Å². The van der Waals surface area contributed by atoms with Crippen LogP contribution < -0.4 is 9.64 Å². The molecule has 2 aromatic rings. The molecule has 1 aromatic carbocycles. The second-order valence-corrected chi connectivity index (χ2v) is 12.0. The highest BCUT2D eigenvalue weighted by Gasteiger charge is 2.44. The first-order chi connectivity index (χ1) is 17.7. The lowest BCUT2D eigenvalue weighted by Gasteiger charge is -2.30. The third kappa shape index (κ3) is 6.75. The Kier molecular flexibility index (Phi) is 8.19. The fourth-order valence-corrected chi connectivity index (χ4v) is 5.33. The van der Waals surface area contributed by atoms with Crippen LogP contribution in [0.25, 0.3) is 0 Å². The van der Waals surface area contributed by atoms with Crippen molar-refractivity contribution in [1.29, 1.82) is 0 Å². The molecule has 2 heterocycles. The summed E-state index contributed by atoms with van der Waals surface area (Å²) in [5.41, 5.74) is -3.34. The Morgan fingerprint density at radius 3 is 2.33 bits per heavy atom. The summed E-state index contributed by atoms with van der Waals surface area (Å²) in [5.74, 6) is -7.06. The van der Waals surface area contributed by atoms with E-state index in [2.05, 4.69) is 4.98 Å². The van der Waals surface area contributed by atoms with Gasteiger partial charge in [0.1, 0.15) is 17.3 Å². The Bertz CT molecular complexity index is 1340. The molecule has 0 bridgehead atoms. The van der Waals surface area contributed by atoms with Crippen molar-refractivity contribution in [2.24, 2.45) is 5.41 Å². The molecule has 15 heteroatoms. The molecule has 8 nitrogen and oxygen atoms in total. The van der Waals surface area contributed by atoms with Gasteiger partial charge >= 0.3 is 12.1 Å². The number of halogens is 6. The number of alkyl halides is 5. The van der Waals surface area contributed by atoms with Crippen molar-refractivity contribution >= 4 is 27.5 Å². The topological polar surface area (TPSA) is 100 Å². The zero-order valence-electron chi connectivity index (χ0n) is 21.4. The van der Waals surface area contributed by atoms with E-state index < -0.39 is 87.1 Å². The number of aliphatic carboxylic acids is 1. The van der Waals surface area contributed by atoms with Crippen molar-refractivity contribution in [3.05, 3.63) is 41.8 Å². The maximum Gasteiger partial charge on any atom is 0.437 e. The molecule has 0 aliphatic carbocycles. The Balaban J connectivity index is 2.27. The number of benzene rings is 1. The monoisotopic (exact) mass is 583 g/mol. The molecule has 1 aliphatic rings. The third-order valence-electron chi connectivity index (χ3n) is 6.23. The number of nitrogens with zero attached hydrogens (tertiary/aromatic N) is 3. The average Bonchev–Trinajstić information content (AvgIpc) is 2.88. The molecular weight excluding hydrogens is 556 g/mol. The summed E-state index contributed by atoms with van der Waals surface area (Å²) in [5, 5.41) is 9.30. The van der Waals surface area contributed by atoms with E-state index in [0.717, 1.165) is 28.4 Å². The predicted molar refractivity (Wildman–Crippen MR) is 128 cm³/mol. The van der Waals surface area contributed by atoms with Crippen LogP contribution in [0.2, 0.25) is 0 Å². The summed E-state index contributed by atoms with van der Waals surface area (Å²) in [6.07, 6.45) is -6.27. The highest BCUT2D eigenvalue weighted by atomic mass is 32.2. The van der Waals surface area contributed by atoms with Crippen LogP contribution in [0.5, 0.6) is 5.75 Å². The lowest BCUT2D eigenvalue weighted by Crippen LogP contribution is -2.41. The standard InChI is InChI=1S/C24H27F6N3O5S/c1-22(2,21(34)35)13-38-17-11-18-20(31-19(17)24(28,29)30)33(15-7-5-6-14(25)10-15)12-16(8-9-23(3,26)27)32(4)39(18,36)37/h5-7,10-11,16H,8-9,12-13H2,1-4H3,(H,34,35)/t16-/m1/s1. The molecule has 216 valence electrons. The highest BCUT2D eigenvalue weighted by molar-refractivity contribution is 7.89. The number of likely N-dealkylation sites (N-methyl/N-ethyl adjacent to an activating group) is 1. The summed E-state index contributed by atoms with van der Waals surface area (Å²) in [6, 6.07) is 3.99. The van der Waals surface area contributed by atoms with Crippen molar-refractivity contribution in [1.82, 2.24) is 9.29 Å². The number of fused-ring (bicyclic) bond motifs is 1. The summed E-state index contributed by atoms with van der Waals surface area (Å²) >= 11 is 0. The Morgan fingerprint density at radius 2 is 1.79 bits per heavy atom. The van der Waals surface area contributed by atoms with Crippen LogP contribution in [-0.4, -0.2) is 60.9 Å². The molecule has 1 aromatic heterocycles. The number of hydrogen-bond acceptors (Lipinski definition) is 6.